The number of ketones is 1. The van der Waals surface area contributed by atoms with E-state index < -0.39 is 0 Å². The van der Waals surface area contributed by atoms with Gasteiger partial charge in [0, 0.05) is 35.4 Å². The SMILES string of the molecule is O=C(c1cc(O)c2ccccc2c1)C1CNCCC1c1ccc(CCSc2ccccn2)cc1. The number of aromatic hydroxyl groups is 1. The van der Waals surface area contributed by atoms with Gasteiger partial charge < -0.3 is 10.4 Å². The number of aromatic nitrogens is 1. The number of fused-ring (bicyclic) bond motifs is 1. The van der Waals surface area contributed by atoms with Crippen molar-refractivity contribution in [2.24, 2.45) is 5.92 Å². The number of hydrogen-bond acceptors (Lipinski definition) is 5. The number of pyridine rings is 1. The molecule has 1 fully saturated rings. The molecule has 0 spiro atoms. The van der Waals surface area contributed by atoms with Gasteiger partial charge in [0.1, 0.15) is 5.75 Å². The lowest BCUT2D eigenvalue weighted by atomic mass is 9.77. The highest BCUT2D eigenvalue weighted by Crippen LogP contribution is 2.35. The minimum atomic E-state index is -0.153. The van der Waals surface area contributed by atoms with E-state index in [2.05, 4.69) is 34.6 Å². The maximum absolute atomic E-state index is 13.6. The fraction of sp³-hybridized carbons (Fsp3) is 0.241. The van der Waals surface area contributed by atoms with Gasteiger partial charge in [0.15, 0.2) is 5.78 Å². The molecule has 0 amide bonds. The smallest absolute Gasteiger partial charge is 0.167 e. The largest absolute Gasteiger partial charge is 0.507 e. The van der Waals surface area contributed by atoms with E-state index in [1.54, 1.807) is 17.8 Å². The molecular weight excluding hydrogens is 440 g/mol. The molecule has 4 nitrogen and oxygen atoms in total. The molecule has 0 bridgehead atoms. The van der Waals surface area contributed by atoms with Gasteiger partial charge in [-0.2, -0.15) is 0 Å². The van der Waals surface area contributed by atoms with Gasteiger partial charge in [0.2, 0.25) is 0 Å². The van der Waals surface area contributed by atoms with Crippen LogP contribution < -0.4 is 5.32 Å². The standard InChI is InChI=1S/C29H28N2O2S/c32-27-18-23(17-22-5-1-2-6-25(22)27)29(33)26-19-30-15-12-24(26)21-10-8-20(9-11-21)13-16-34-28-7-3-4-14-31-28/h1-11,14,17-18,24,26,30,32H,12-13,15-16,19H2. The first-order valence-corrected chi connectivity index (χ1v) is 12.8. The van der Waals surface area contributed by atoms with Gasteiger partial charge in [0.25, 0.3) is 0 Å². The van der Waals surface area contributed by atoms with E-state index in [-0.39, 0.29) is 23.4 Å². The van der Waals surface area contributed by atoms with E-state index in [1.165, 1.54) is 11.1 Å². The summed E-state index contributed by atoms with van der Waals surface area (Å²) in [6.45, 7) is 1.55. The first kappa shape index (κ1) is 22.6. The molecule has 5 rings (SSSR count). The molecule has 0 saturated carbocycles. The van der Waals surface area contributed by atoms with Crippen LogP contribution in [0.25, 0.3) is 10.8 Å². The Morgan fingerprint density at radius 3 is 2.68 bits per heavy atom. The summed E-state index contributed by atoms with van der Waals surface area (Å²) in [5, 5.41) is 16.6. The minimum absolute atomic E-state index is 0.0918. The number of nitrogens with zero attached hydrogens (tertiary/aromatic N) is 1. The Balaban J connectivity index is 1.30. The predicted molar refractivity (Wildman–Crippen MR) is 139 cm³/mol. The Bertz CT molecular complexity index is 1270. The summed E-state index contributed by atoms with van der Waals surface area (Å²) in [5.74, 6) is 1.25. The fourth-order valence-corrected chi connectivity index (χ4v) is 5.67. The van der Waals surface area contributed by atoms with Crippen molar-refractivity contribution in [1.82, 2.24) is 10.3 Å². The van der Waals surface area contributed by atoms with Crippen molar-refractivity contribution in [3.63, 3.8) is 0 Å². The van der Waals surface area contributed by atoms with Crippen LogP contribution in [0.3, 0.4) is 0 Å². The summed E-state index contributed by atoms with van der Waals surface area (Å²) in [6.07, 6.45) is 3.73. The van der Waals surface area contributed by atoms with Crippen LogP contribution in [0, 0.1) is 5.92 Å². The molecule has 2 heterocycles. The Hall–Kier alpha value is -3.15. The maximum atomic E-state index is 13.6. The third-order valence-electron chi connectivity index (χ3n) is 6.63. The normalized spacial score (nSPS) is 18.1. The Morgan fingerprint density at radius 2 is 1.85 bits per heavy atom. The van der Waals surface area contributed by atoms with Crippen LogP contribution in [0.5, 0.6) is 5.75 Å². The van der Waals surface area contributed by atoms with Gasteiger partial charge in [-0.25, -0.2) is 4.98 Å². The van der Waals surface area contributed by atoms with E-state index in [4.69, 9.17) is 0 Å². The van der Waals surface area contributed by atoms with Crippen LogP contribution in [0.2, 0.25) is 0 Å². The molecular formula is C29H28N2O2S. The molecule has 1 aromatic heterocycles. The zero-order valence-electron chi connectivity index (χ0n) is 19.0. The maximum Gasteiger partial charge on any atom is 0.167 e. The molecule has 3 aromatic carbocycles. The summed E-state index contributed by atoms with van der Waals surface area (Å²) in [7, 11) is 0. The number of Topliss-reactive ketones (excluding diaryl/α,β-unsaturated/α-hetero) is 1. The second kappa shape index (κ2) is 10.4. The number of nitrogens with one attached hydrogen (secondary N) is 1. The summed E-state index contributed by atoms with van der Waals surface area (Å²) in [6, 6.07) is 25.9. The van der Waals surface area contributed by atoms with E-state index in [0.717, 1.165) is 40.9 Å². The second-order valence-electron chi connectivity index (χ2n) is 8.79. The number of carbonyl (C=O) groups excluding carboxylic acids is 1. The van der Waals surface area contributed by atoms with Crippen molar-refractivity contribution in [1.29, 1.82) is 0 Å². The predicted octanol–water partition coefficient (Wildman–Crippen LogP) is 5.85. The summed E-state index contributed by atoms with van der Waals surface area (Å²) >= 11 is 1.77. The summed E-state index contributed by atoms with van der Waals surface area (Å²) in [4.78, 5) is 17.9. The quantitative estimate of drug-likeness (QED) is 0.263. The summed E-state index contributed by atoms with van der Waals surface area (Å²) < 4.78 is 0. The van der Waals surface area contributed by atoms with Crippen LogP contribution in [-0.4, -0.2) is 34.7 Å². The minimum Gasteiger partial charge on any atom is -0.507 e. The van der Waals surface area contributed by atoms with Crippen LogP contribution >= 0.6 is 11.8 Å². The monoisotopic (exact) mass is 468 g/mol. The lowest BCUT2D eigenvalue weighted by molar-refractivity contribution is 0.0880. The number of phenols is 1. The fourth-order valence-electron chi connectivity index (χ4n) is 4.82. The Morgan fingerprint density at radius 1 is 1.03 bits per heavy atom. The molecule has 0 aliphatic carbocycles. The number of hydrogen-bond donors (Lipinski definition) is 2. The van der Waals surface area contributed by atoms with Crippen LogP contribution in [0.4, 0.5) is 0 Å². The van der Waals surface area contributed by atoms with Crippen LogP contribution in [0.1, 0.15) is 33.8 Å². The van der Waals surface area contributed by atoms with E-state index in [0.29, 0.717) is 12.1 Å². The number of phenolic OH excluding ortho intramolecular Hbond substituents is 1. The third kappa shape index (κ3) is 5.01. The first-order valence-electron chi connectivity index (χ1n) is 11.8. The molecule has 5 heteroatoms. The first-order chi connectivity index (χ1) is 16.7. The Kier molecular flexibility index (Phi) is 6.93. The van der Waals surface area contributed by atoms with E-state index in [1.807, 2.05) is 54.7 Å². The van der Waals surface area contributed by atoms with Gasteiger partial charge in [-0.05, 0) is 66.1 Å². The molecule has 0 radical (unpaired) electrons. The van der Waals surface area contributed by atoms with E-state index in [9.17, 15) is 9.90 Å². The Labute approximate surface area is 204 Å². The zero-order chi connectivity index (χ0) is 23.3. The van der Waals surface area contributed by atoms with Crippen molar-refractivity contribution in [2.75, 3.05) is 18.8 Å². The average molecular weight is 469 g/mol. The van der Waals surface area contributed by atoms with Gasteiger partial charge in [0.05, 0.1) is 5.03 Å². The highest BCUT2D eigenvalue weighted by Gasteiger charge is 2.32. The van der Waals surface area contributed by atoms with Gasteiger partial charge in [-0.3, -0.25) is 4.79 Å². The highest BCUT2D eigenvalue weighted by molar-refractivity contribution is 7.99. The van der Waals surface area contributed by atoms with Crippen molar-refractivity contribution >= 4 is 28.3 Å². The lowest BCUT2D eigenvalue weighted by Gasteiger charge is -2.32. The van der Waals surface area contributed by atoms with Gasteiger partial charge in [-0.1, -0.05) is 54.6 Å². The number of thioether (sulfide) groups is 1. The van der Waals surface area contributed by atoms with Crippen LogP contribution in [0.15, 0.2) is 90.1 Å². The molecule has 1 aliphatic rings. The van der Waals surface area contributed by atoms with Crippen molar-refractivity contribution < 1.29 is 9.90 Å². The van der Waals surface area contributed by atoms with Crippen molar-refractivity contribution in [2.45, 2.75) is 23.8 Å². The van der Waals surface area contributed by atoms with Crippen LogP contribution in [-0.2, 0) is 6.42 Å². The number of benzene rings is 3. The topological polar surface area (TPSA) is 62.2 Å². The molecule has 1 saturated heterocycles. The molecule has 34 heavy (non-hydrogen) atoms. The second-order valence-corrected chi connectivity index (χ2v) is 9.91. The average Bonchev–Trinajstić information content (AvgIpc) is 2.89. The molecule has 2 unspecified atom stereocenters. The molecule has 2 atom stereocenters. The third-order valence-corrected chi connectivity index (χ3v) is 7.58. The number of carbonyl (C=O) groups is 1. The van der Waals surface area contributed by atoms with E-state index >= 15 is 0 Å². The van der Waals surface area contributed by atoms with Crippen molar-refractivity contribution in [3.05, 3.63) is 102 Å². The molecule has 4 aromatic rings. The molecule has 2 N–H and O–H groups in total. The summed E-state index contributed by atoms with van der Waals surface area (Å²) in [5.41, 5.74) is 3.09. The molecule has 1 aliphatic heterocycles. The number of piperidine rings is 1. The molecule has 172 valence electrons. The zero-order valence-corrected chi connectivity index (χ0v) is 19.8. The number of aryl methyl sites for hydroxylation is 1. The van der Waals surface area contributed by atoms with Gasteiger partial charge >= 0.3 is 0 Å². The van der Waals surface area contributed by atoms with Crippen molar-refractivity contribution in [3.8, 4) is 5.75 Å². The number of rotatable bonds is 7. The van der Waals surface area contributed by atoms with Gasteiger partial charge in [-0.15, -0.1) is 11.8 Å². The lowest BCUT2D eigenvalue weighted by Crippen LogP contribution is -2.39. The highest BCUT2D eigenvalue weighted by atomic mass is 32.2.